The molecule has 2 aliphatic rings. The zero-order chi connectivity index (χ0) is 16.8. The third kappa shape index (κ3) is 5.64. The van der Waals surface area contributed by atoms with Crippen LogP contribution in [0.5, 0.6) is 0 Å². The van der Waals surface area contributed by atoms with Gasteiger partial charge in [0.1, 0.15) is 0 Å². The lowest BCUT2D eigenvalue weighted by Crippen LogP contribution is -2.49. The van der Waals surface area contributed by atoms with Crippen LogP contribution >= 0.6 is 0 Å². The van der Waals surface area contributed by atoms with Crippen molar-refractivity contribution in [2.45, 2.75) is 57.5 Å². The van der Waals surface area contributed by atoms with E-state index in [-0.39, 0.29) is 6.03 Å². The van der Waals surface area contributed by atoms with Crippen LogP contribution in [0.3, 0.4) is 0 Å². The maximum atomic E-state index is 12.4. The van der Waals surface area contributed by atoms with E-state index in [4.69, 9.17) is 0 Å². The van der Waals surface area contributed by atoms with Gasteiger partial charge in [-0.3, -0.25) is 0 Å². The number of carbonyl (C=O) groups excluding carboxylic acids is 1. The van der Waals surface area contributed by atoms with Crippen molar-refractivity contribution in [1.82, 2.24) is 20.0 Å². The molecule has 1 N–H and O–H groups in total. The van der Waals surface area contributed by atoms with Gasteiger partial charge in [0.05, 0.1) is 0 Å². The summed E-state index contributed by atoms with van der Waals surface area (Å²) in [5, 5.41) is 3.24. The Morgan fingerprint density at radius 2 is 1.74 bits per heavy atom. The molecule has 0 unspecified atom stereocenters. The largest absolute Gasteiger partial charge is 0.335 e. The highest BCUT2D eigenvalue weighted by atomic mass is 16.2. The molecule has 2 amide bonds. The first-order valence-electron chi connectivity index (χ1n) is 9.37. The number of amides is 2. The molecule has 0 aromatic rings. The van der Waals surface area contributed by atoms with Crippen molar-refractivity contribution in [3.05, 3.63) is 0 Å². The van der Waals surface area contributed by atoms with Crippen LogP contribution in [0.2, 0.25) is 0 Å². The molecule has 1 heterocycles. The Hall–Kier alpha value is -0.810. The number of nitrogens with zero attached hydrogens (tertiary/aromatic N) is 3. The summed E-state index contributed by atoms with van der Waals surface area (Å²) in [7, 11) is 6.32. The summed E-state index contributed by atoms with van der Waals surface area (Å²) in [5.74, 6) is 0.614. The van der Waals surface area contributed by atoms with E-state index in [1.54, 1.807) is 0 Å². The summed E-state index contributed by atoms with van der Waals surface area (Å²) in [6.45, 7) is 6.39. The minimum atomic E-state index is 0.0977. The van der Waals surface area contributed by atoms with E-state index in [1.807, 2.05) is 11.9 Å². The van der Waals surface area contributed by atoms with Gasteiger partial charge in [0.25, 0.3) is 0 Å². The number of hydrogen-bond donors (Lipinski definition) is 1. The number of urea groups is 1. The SMILES string of the molecule is C[C@@H]1CCCC[C@H]1NC(=O)N(C)CCN(C)C1CCN(C)CC1. The van der Waals surface area contributed by atoms with Crippen LogP contribution in [-0.2, 0) is 0 Å². The lowest BCUT2D eigenvalue weighted by Gasteiger charge is -2.36. The van der Waals surface area contributed by atoms with Gasteiger partial charge in [-0.15, -0.1) is 0 Å². The van der Waals surface area contributed by atoms with E-state index in [1.165, 1.54) is 45.2 Å². The fourth-order valence-corrected chi connectivity index (χ4v) is 3.83. The molecule has 0 radical (unpaired) electrons. The van der Waals surface area contributed by atoms with Crippen molar-refractivity contribution in [2.24, 2.45) is 5.92 Å². The van der Waals surface area contributed by atoms with Gasteiger partial charge in [0, 0.05) is 32.2 Å². The van der Waals surface area contributed by atoms with Crippen LogP contribution < -0.4 is 5.32 Å². The number of hydrogen-bond acceptors (Lipinski definition) is 3. The molecule has 0 aromatic carbocycles. The van der Waals surface area contributed by atoms with E-state index in [9.17, 15) is 4.79 Å². The summed E-state index contributed by atoms with van der Waals surface area (Å²) >= 11 is 0. The van der Waals surface area contributed by atoms with Crippen molar-refractivity contribution in [3.63, 3.8) is 0 Å². The second-order valence-corrected chi connectivity index (χ2v) is 7.75. The molecule has 0 bridgehead atoms. The van der Waals surface area contributed by atoms with E-state index in [2.05, 4.69) is 36.1 Å². The van der Waals surface area contributed by atoms with Crippen LogP contribution in [0.25, 0.3) is 0 Å². The Bertz CT molecular complexity index is 368. The molecular weight excluding hydrogens is 288 g/mol. The smallest absolute Gasteiger partial charge is 0.317 e. The summed E-state index contributed by atoms with van der Waals surface area (Å²) in [5.41, 5.74) is 0. The molecule has 1 saturated carbocycles. The van der Waals surface area contributed by atoms with Crippen LogP contribution in [0.4, 0.5) is 4.79 Å². The quantitative estimate of drug-likeness (QED) is 0.843. The van der Waals surface area contributed by atoms with Crippen molar-refractivity contribution in [2.75, 3.05) is 47.3 Å². The van der Waals surface area contributed by atoms with Crippen molar-refractivity contribution in [3.8, 4) is 0 Å². The summed E-state index contributed by atoms with van der Waals surface area (Å²) < 4.78 is 0. The summed E-state index contributed by atoms with van der Waals surface area (Å²) in [6, 6.07) is 1.13. The van der Waals surface area contributed by atoms with Crippen LogP contribution in [-0.4, -0.2) is 80.1 Å². The third-order valence-electron chi connectivity index (χ3n) is 5.87. The van der Waals surface area contributed by atoms with Gasteiger partial charge in [-0.25, -0.2) is 4.79 Å². The molecule has 1 aliphatic heterocycles. The maximum Gasteiger partial charge on any atom is 0.317 e. The number of piperidine rings is 1. The maximum absolute atomic E-state index is 12.4. The molecule has 2 atom stereocenters. The Morgan fingerprint density at radius 3 is 2.39 bits per heavy atom. The summed E-state index contributed by atoms with van der Waals surface area (Å²) in [4.78, 5) is 19.1. The van der Waals surface area contributed by atoms with E-state index in [0.29, 0.717) is 18.0 Å². The number of rotatable bonds is 5. The highest BCUT2D eigenvalue weighted by molar-refractivity contribution is 5.74. The monoisotopic (exact) mass is 324 g/mol. The Labute approximate surface area is 142 Å². The summed E-state index contributed by atoms with van der Waals surface area (Å²) in [6.07, 6.45) is 7.41. The first kappa shape index (κ1) is 18.5. The Balaban J connectivity index is 1.68. The molecule has 1 saturated heterocycles. The molecular formula is C18H36N4O. The normalized spacial score (nSPS) is 27.2. The molecule has 1 aliphatic carbocycles. The molecule has 0 aromatic heterocycles. The highest BCUT2D eigenvalue weighted by Crippen LogP contribution is 2.23. The third-order valence-corrected chi connectivity index (χ3v) is 5.87. The second kappa shape index (κ2) is 8.88. The topological polar surface area (TPSA) is 38.8 Å². The van der Waals surface area contributed by atoms with Crippen LogP contribution in [0.15, 0.2) is 0 Å². The van der Waals surface area contributed by atoms with Crippen molar-refractivity contribution in [1.29, 1.82) is 0 Å². The van der Waals surface area contributed by atoms with Crippen molar-refractivity contribution >= 4 is 6.03 Å². The standard InChI is InChI=1S/C18H36N4O/c1-15-7-5-6-8-17(15)19-18(23)22(4)14-13-21(3)16-9-11-20(2)12-10-16/h15-17H,5-14H2,1-4H3,(H,19,23)/t15-,17-/m1/s1. The van der Waals surface area contributed by atoms with Gasteiger partial charge < -0.3 is 20.0 Å². The second-order valence-electron chi connectivity index (χ2n) is 7.75. The molecule has 134 valence electrons. The zero-order valence-corrected chi connectivity index (χ0v) is 15.6. The fraction of sp³-hybridized carbons (Fsp3) is 0.944. The average molecular weight is 325 g/mol. The lowest BCUT2D eigenvalue weighted by molar-refractivity contribution is 0.133. The van der Waals surface area contributed by atoms with Crippen LogP contribution in [0.1, 0.15) is 45.4 Å². The van der Waals surface area contributed by atoms with Gasteiger partial charge in [-0.2, -0.15) is 0 Å². The lowest BCUT2D eigenvalue weighted by atomic mass is 9.86. The first-order valence-corrected chi connectivity index (χ1v) is 9.37. The minimum Gasteiger partial charge on any atom is -0.335 e. The van der Waals surface area contributed by atoms with Gasteiger partial charge in [0.15, 0.2) is 0 Å². The average Bonchev–Trinajstić information content (AvgIpc) is 2.55. The predicted molar refractivity (Wildman–Crippen MR) is 95.7 cm³/mol. The van der Waals surface area contributed by atoms with Gasteiger partial charge >= 0.3 is 6.03 Å². The van der Waals surface area contributed by atoms with Crippen molar-refractivity contribution < 1.29 is 4.79 Å². The highest BCUT2D eigenvalue weighted by Gasteiger charge is 2.25. The molecule has 23 heavy (non-hydrogen) atoms. The number of likely N-dealkylation sites (tertiary alicyclic amines) is 1. The van der Waals surface area contributed by atoms with E-state index < -0.39 is 0 Å². The number of nitrogens with one attached hydrogen (secondary N) is 1. The number of carbonyl (C=O) groups is 1. The fourth-order valence-electron chi connectivity index (χ4n) is 3.83. The van der Waals surface area contributed by atoms with Gasteiger partial charge in [-0.05, 0) is 58.8 Å². The predicted octanol–water partition coefficient (Wildman–Crippen LogP) is 2.23. The molecule has 5 nitrogen and oxygen atoms in total. The van der Waals surface area contributed by atoms with Gasteiger partial charge in [0.2, 0.25) is 0 Å². The van der Waals surface area contributed by atoms with E-state index in [0.717, 1.165) is 19.5 Å². The molecule has 2 fully saturated rings. The molecule has 0 spiro atoms. The zero-order valence-electron chi connectivity index (χ0n) is 15.6. The van der Waals surface area contributed by atoms with Gasteiger partial charge in [-0.1, -0.05) is 19.8 Å². The minimum absolute atomic E-state index is 0.0977. The number of likely N-dealkylation sites (N-methyl/N-ethyl adjacent to an activating group) is 2. The van der Waals surface area contributed by atoms with Crippen LogP contribution in [0, 0.1) is 5.92 Å². The molecule has 5 heteroatoms. The Kier molecular flexibility index (Phi) is 7.15. The van der Waals surface area contributed by atoms with E-state index >= 15 is 0 Å². The Morgan fingerprint density at radius 1 is 1.09 bits per heavy atom. The molecule has 2 rings (SSSR count). The first-order chi connectivity index (χ1) is 11.0.